The van der Waals surface area contributed by atoms with Gasteiger partial charge in [-0.1, -0.05) is 0 Å². The van der Waals surface area contributed by atoms with E-state index >= 15 is 0 Å². The highest BCUT2D eigenvalue weighted by molar-refractivity contribution is 7.92. The number of ether oxygens (including phenoxy) is 1. The Balaban J connectivity index is 1.82. The topological polar surface area (TPSA) is 102 Å². The second-order valence-electron chi connectivity index (χ2n) is 6.09. The molecule has 146 valence electrons. The molecule has 0 unspecified atom stereocenters. The zero-order valence-electron chi connectivity index (χ0n) is 15.6. The molecule has 0 bridgehead atoms. The number of aromatic nitrogens is 2. The second kappa shape index (κ2) is 7.73. The van der Waals surface area contributed by atoms with E-state index in [-0.39, 0.29) is 10.8 Å². The Morgan fingerprint density at radius 2 is 1.71 bits per heavy atom. The predicted octanol–water partition coefficient (Wildman–Crippen LogP) is 2.95. The van der Waals surface area contributed by atoms with Gasteiger partial charge in [0.2, 0.25) is 5.91 Å². The first-order valence-electron chi connectivity index (χ1n) is 8.40. The van der Waals surface area contributed by atoms with Crippen molar-refractivity contribution in [3.8, 4) is 11.4 Å². The summed E-state index contributed by atoms with van der Waals surface area (Å²) in [6, 6.07) is 14.6. The molecule has 1 heterocycles. The molecule has 2 N–H and O–H groups in total. The maximum Gasteiger partial charge on any atom is 0.261 e. The summed E-state index contributed by atoms with van der Waals surface area (Å²) in [7, 11) is -2.21. The molecule has 0 saturated carbocycles. The van der Waals surface area contributed by atoms with E-state index in [0.717, 1.165) is 5.69 Å². The van der Waals surface area contributed by atoms with E-state index in [4.69, 9.17) is 4.74 Å². The molecule has 3 rings (SSSR count). The highest BCUT2D eigenvalue weighted by Crippen LogP contribution is 2.22. The molecular weight excluding hydrogens is 380 g/mol. The third-order valence-corrected chi connectivity index (χ3v) is 5.27. The first-order valence-corrected chi connectivity index (χ1v) is 9.88. The Kier molecular flexibility index (Phi) is 5.36. The summed E-state index contributed by atoms with van der Waals surface area (Å²) in [4.78, 5) is 11.5. The van der Waals surface area contributed by atoms with Crippen LogP contribution in [0.3, 0.4) is 0 Å². The summed E-state index contributed by atoms with van der Waals surface area (Å²) in [5, 5.41) is 7.07. The van der Waals surface area contributed by atoms with Gasteiger partial charge in [-0.2, -0.15) is 5.10 Å². The fraction of sp³-hybridized carbons (Fsp3) is 0.158. The van der Waals surface area contributed by atoms with Crippen molar-refractivity contribution >= 4 is 27.4 Å². The number of sulfonamides is 1. The summed E-state index contributed by atoms with van der Waals surface area (Å²) in [6.45, 7) is 3.24. The summed E-state index contributed by atoms with van der Waals surface area (Å²) < 4.78 is 34.2. The van der Waals surface area contributed by atoms with Gasteiger partial charge in [0.05, 0.1) is 23.4 Å². The molecule has 3 aromatic rings. The smallest absolute Gasteiger partial charge is 0.261 e. The molecule has 0 aliphatic heterocycles. The minimum absolute atomic E-state index is 0.132. The lowest BCUT2D eigenvalue weighted by Gasteiger charge is -2.11. The van der Waals surface area contributed by atoms with Gasteiger partial charge in [-0.15, -0.1) is 0 Å². The van der Waals surface area contributed by atoms with Gasteiger partial charge in [0.1, 0.15) is 11.6 Å². The number of carbonyl (C=O) groups is 1. The van der Waals surface area contributed by atoms with Crippen LogP contribution in [0.15, 0.2) is 59.5 Å². The monoisotopic (exact) mass is 400 g/mol. The van der Waals surface area contributed by atoms with Crippen LogP contribution < -0.4 is 14.8 Å². The molecule has 0 atom stereocenters. The number of nitrogens with one attached hydrogen (secondary N) is 2. The van der Waals surface area contributed by atoms with Crippen molar-refractivity contribution in [2.45, 2.75) is 18.7 Å². The van der Waals surface area contributed by atoms with Crippen LogP contribution in [0.2, 0.25) is 0 Å². The molecule has 8 nitrogen and oxygen atoms in total. The number of methoxy groups -OCH3 is 1. The van der Waals surface area contributed by atoms with Crippen molar-refractivity contribution < 1.29 is 17.9 Å². The summed E-state index contributed by atoms with van der Waals surface area (Å²) in [5.74, 6) is 0.911. The minimum Gasteiger partial charge on any atom is -0.497 e. The number of nitrogens with zero attached hydrogens (tertiary/aromatic N) is 2. The van der Waals surface area contributed by atoms with Crippen LogP contribution in [0.4, 0.5) is 11.5 Å². The minimum atomic E-state index is -3.72. The van der Waals surface area contributed by atoms with E-state index < -0.39 is 10.0 Å². The second-order valence-corrected chi connectivity index (χ2v) is 7.77. The van der Waals surface area contributed by atoms with Crippen molar-refractivity contribution in [2.24, 2.45) is 0 Å². The summed E-state index contributed by atoms with van der Waals surface area (Å²) >= 11 is 0. The Labute approximate surface area is 163 Å². The van der Waals surface area contributed by atoms with Crippen molar-refractivity contribution in [1.29, 1.82) is 0 Å². The molecule has 0 fully saturated rings. The molecule has 2 aromatic carbocycles. The van der Waals surface area contributed by atoms with Crippen molar-refractivity contribution in [2.75, 3.05) is 17.1 Å². The van der Waals surface area contributed by atoms with Crippen LogP contribution in [0.25, 0.3) is 5.69 Å². The quantitative estimate of drug-likeness (QED) is 0.662. The lowest BCUT2D eigenvalue weighted by Crippen LogP contribution is -2.13. The summed E-state index contributed by atoms with van der Waals surface area (Å²) in [5.41, 5.74) is 1.84. The number of hydrogen-bond acceptors (Lipinski definition) is 5. The van der Waals surface area contributed by atoms with Crippen molar-refractivity contribution in [3.05, 3.63) is 60.3 Å². The Morgan fingerprint density at radius 3 is 2.29 bits per heavy atom. The van der Waals surface area contributed by atoms with E-state index in [1.165, 1.54) is 26.2 Å². The van der Waals surface area contributed by atoms with Crippen molar-refractivity contribution in [1.82, 2.24) is 9.78 Å². The SMILES string of the molecule is COc1ccc(S(=O)(=O)Nc2ccc(-n3nc(C)cc3NC(C)=O)cc2)cc1. The Hall–Kier alpha value is -3.33. The molecule has 1 aromatic heterocycles. The van der Waals surface area contributed by atoms with Crippen LogP contribution in [-0.2, 0) is 14.8 Å². The average molecular weight is 400 g/mol. The van der Waals surface area contributed by atoms with Crippen LogP contribution in [0, 0.1) is 6.92 Å². The number of anilines is 2. The van der Waals surface area contributed by atoms with Gasteiger partial charge in [-0.25, -0.2) is 13.1 Å². The van der Waals surface area contributed by atoms with E-state index in [9.17, 15) is 13.2 Å². The van der Waals surface area contributed by atoms with Gasteiger partial charge in [0.15, 0.2) is 0 Å². The van der Waals surface area contributed by atoms with E-state index in [2.05, 4.69) is 15.1 Å². The molecule has 0 aliphatic rings. The lowest BCUT2D eigenvalue weighted by molar-refractivity contribution is -0.114. The van der Waals surface area contributed by atoms with Gasteiger partial charge in [-0.05, 0) is 55.5 Å². The van der Waals surface area contributed by atoms with Gasteiger partial charge in [0, 0.05) is 18.7 Å². The molecule has 0 spiro atoms. The van der Waals surface area contributed by atoms with Gasteiger partial charge < -0.3 is 10.1 Å². The van der Waals surface area contributed by atoms with Crippen LogP contribution in [-0.4, -0.2) is 31.2 Å². The van der Waals surface area contributed by atoms with Gasteiger partial charge >= 0.3 is 0 Å². The zero-order chi connectivity index (χ0) is 20.3. The van der Waals surface area contributed by atoms with E-state index in [0.29, 0.717) is 22.9 Å². The number of hydrogen-bond donors (Lipinski definition) is 2. The summed E-state index contributed by atoms with van der Waals surface area (Å²) in [6.07, 6.45) is 0. The van der Waals surface area contributed by atoms with Crippen LogP contribution >= 0.6 is 0 Å². The number of benzene rings is 2. The maximum atomic E-state index is 12.5. The Bertz CT molecular complexity index is 1090. The third-order valence-electron chi connectivity index (χ3n) is 3.87. The number of amides is 1. The largest absolute Gasteiger partial charge is 0.497 e. The normalized spacial score (nSPS) is 11.1. The maximum absolute atomic E-state index is 12.5. The van der Waals surface area contributed by atoms with Gasteiger partial charge in [0.25, 0.3) is 10.0 Å². The average Bonchev–Trinajstić information content (AvgIpc) is 3.01. The molecule has 0 radical (unpaired) electrons. The Morgan fingerprint density at radius 1 is 1.07 bits per heavy atom. The van der Waals surface area contributed by atoms with E-state index in [1.54, 1.807) is 47.1 Å². The number of rotatable bonds is 6. The highest BCUT2D eigenvalue weighted by atomic mass is 32.2. The molecule has 28 heavy (non-hydrogen) atoms. The van der Waals surface area contributed by atoms with Gasteiger partial charge in [-0.3, -0.25) is 9.52 Å². The lowest BCUT2D eigenvalue weighted by atomic mass is 10.3. The molecule has 0 saturated heterocycles. The van der Waals surface area contributed by atoms with Crippen LogP contribution in [0.1, 0.15) is 12.6 Å². The predicted molar refractivity (Wildman–Crippen MR) is 106 cm³/mol. The molecular formula is C19H20N4O4S. The van der Waals surface area contributed by atoms with Crippen molar-refractivity contribution in [3.63, 3.8) is 0 Å². The van der Waals surface area contributed by atoms with Crippen LogP contribution in [0.5, 0.6) is 5.75 Å². The molecule has 9 heteroatoms. The number of aryl methyl sites for hydroxylation is 1. The first-order chi connectivity index (χ1) is 13.3. The molecule has 1 amide bonds. The third kappa shape index (κ3) is 4.32. The fourth-order valence-electron chi connectivity index (χ4n) is 2.61. The van der Waals surface area contributed by atoms with E-state index in [1.807, 2.05) is 6.92 Å². The number of carbonyl (C=O) groups excluding carboxylic acids is 1. The standard InChI is InChI=1S/C19H20N4O4S/c1-13-12-19(20-14(2)24)23(21-13)16-6-4-15(5-7-16)22-28(25,26)18-10-8-17(27-3)9-11-18/h4-12,22H,1-3H3,(H,20,24). The zero-order valence-corrected chi connectivity index (χ0v) is 16.4. The fourth-order valence-corrected chi connectivity index (χ4v) is 3.66. The highest BCUT2D eigenvalue weighted by Gasteiger charge is 2.15. The molecule has 0 aliphatic carbocycles. The first kappa shape index (κ1) is 19.4.